The van der Waals surface area contributed by atoms with Crippen LogP contribution in [0.15, 0.2) is 46.8 Å². The van der Waals surface area contributed by atoms with Crippen molar-refractivity contribution in [2.45, 2.75) is 58.2 Å². The first kappa shape index (κ1) is 21.5. The minimum Gasteiger partial charge on any atom is -0.299 e. The topological polar surface area (TPSA) is 51.0 Å². The molecule has 0 aliphatic heterocycles. The lowest BCUT2D eigenvalue weighted by molar-refractivity contribution is 0.215. The molecule has 166 valence electrons. The maximum Gasteiger partial charge on any atom is 0.262 e. The van der Waals surface area contributed by atoms with Gasteiger partial charge in [0.05, 0.1) is 18.3 Å². The van der Waals surface area contributed by atoms with Crippen molar-refractivity contribution in [1.82, 2.24) is 19.4 Å². The van der Waals surface area contributed by atoms with Gasteiger partial charge in [-0.2, -0.15) is 0 Å². The molecule has 0 bridgehead atoms. The van der Waals surface area contributed by atoms with Crippen LogP contribution in [0, 0.1) is 6.92 Å². The second-order valence-corrected chi connectivity index (χ2v) is 10.7. The lowest BCUT2D eigenvalue weighted by Gasteiger charge is -2.30. The van der Waals surface area contributed by atoms with Crippen molar-refractivity contribution in [1.29, 1.82) is 0 Å². The molecule has 0 amide bonds. The molecule has 3 aromatic heterocycles. The van der Waals surface area contributed by atoms with Crippen LogP contribution < -0.4 is 5.56 Å². The third-order valence-corrected chi connectivity index (χ3v) is 8.51. The molecule has 4 aromatic rings. The van der Waals surface area contributed by atoms with Crippen LogP contribution in [0.2, 0.25) is 0 Å². The highest BCUT2D eigenvalue weighted by molar-refractivity contribution is 7.18. The molecule has 0 spiro atoms. The van der Waals surface area contributed by atoms with Crippen LogP contribution in [-0.2, 0) is 32.4 Å². The lowest BCUT2D eigenvalue weighted by Crippen LogP contribution is -2.35. The lowest BCUT2D eigenvalue weighted by atomic mass is 9.92. The highest BCUT2D eigenvalue weighted by atomic mass is 32.1. The molecule has 3 heterocycles. The van der Waals surface area contributed by atoms with E-state index < -0.39 is 0 Å². The number of benzene rings is 1. The van der Waals surface area contributed by atoms with Crippen LogP contribution in [0.4, 0.5) is 0 Å². The van der Waals surface area contributed by atoms with Crippen molar-refractivity contribution in [2.24, 2.45) is 0 Å². The van der Waals surface area contributed by atoms with Crippen LogP contribution >= 0.6 is 22.7 Å². The molecule has 0 radical (unpaired) electrons. The van der Waals surface area contributed by atoms with Gasteiger partial charge in [0.15, 0.2) is 0 Å². The molecular weight excluding hydrogens is 436 g/mol. The zero-order valence-corrected chi connectivity index (χ0v) is 20.2. The third kappa shape index (κ3) is 4.42. The van der Waals surface area contributed by atoms with E-state index in [0.29, 0.717) is 12.6 Å². The number of hydrogen-bond donors (Lipinski definition) is 0. The van der Waals surface area contributed by atoms with Crippen molar-refractivity contribution in [2.75, 3.05) is 7.05 Å². The zero-order chi connectivity index (χ0) is 22.1. The fourth-order valence-electron chi connectivity index (χ4n) is 4.64. The molecule has 5 rings (SSSR count). The summed E-state index contributed by atoms with van der Waals surface area (Å²) in [5.41, 5.74) is 3.78. The van der Waals surface area contributed by atoms with Gasteiger partial charge in [-0.25, -0.2) is 9.97 Å². The minimum atomic E-state index is 0.130. The maximum absolute atomic E-state index is 13.3. The minimum absolute atomic E-state index is 0.130. The van der Waals surface area contributed by atoms with Gasteiger partial charge in [0.25, 0.3) is 5.56 Å². The molecule has 1 aromatic carbocycles. The molecule has 5 nitrogen and oxygen atoms in total. The van der Waals surface area contributed by atoms with E-state index in [1.54, 1.807) is 33.6 Å². The summed E-state index contributed by atoms with van der Waals surface area (Å²) in [5, 5.41) is 4.15. The smallest absolute Gasteiger partial charge is 0.262 e. The molecule has 1 aliphatic rings. The van der Waals surface area contributed by atoms with E-state index in [1.165, 1.54) is 21.0 Å². The molecular formula is C25H28N4OS2. The van der Waals surface area contributed by atoms with E-state index in [4.69, 9.17) is 0 Å². The first-order chi connectivity index (χ1) is 15.6. The first-order valence-corrected chi connectivity index (χ1v) is 12.9. The average Bonchev–Trinajstić information content (AvgIpc) is 3.38. The van der Waals surface area contributed by atoms with Gasteiger partial charge in [0.2, 0.25) is 0 Å². The Kier molecular flexibility index (Phi) is 6.22. The molecule has 0 saturated carbocycles. The summed E-state index contributed by atoms with van der Waals surface area (Å²) in [6.45, 7) is 3.64. The predicted molar refractivity (Wildman–Crippen MR) is 133 cm³/mol. The van der Waals surface area contributed by atoms with Crippen LogP contribution in [0.1, 0.15) is 39.5 Å². The highest BCUT2D eigenvalue weighted by Crippen LogP contribution is 2.35. The van der Waals surface area contributed by atoms with Crippen molar-refractivity contribution < 1.29 is 0 Å². The van der Waals surface area contributed by atoms with E-state index in [-0.39, 0.29) is 5.56 Å². The number of aryl methyl sites for hydroxylation is 4. The Morgan fingerprint density at radius 3 is 2.88 bits per heavy atom. The SMILES string of the molecule is Cc1csc(CN(C)C2CCc3c(sc4ncn(CCCc5ccccc5)c(=O)c34)C2)n1. The van der Waals surface area contributed by atoms with E-state index in [0.717, 1.165) is 54.6 Å². The van der Waals surface area contributed by atoms with Gasteiger partial charge in [-0.1, -0.05) is 30.3 Å². The number of likely N-dealkylation sites (N-methyl/N-ethyl adjacent to an activating group) is 1. The van der Waals surface area contributed by atoms with Gasteiger partial charge >= 0.3 is 0 Å². The Labute approximate surface area is 196 Å². The first-order valence-electron chi connectivity index (χ1n) is 11.2. The Balaban J connectivity index is 1.30. The molecule has 1 atom stereocenters. The summed E-state index contributed by atoms with van der Waals surface area (Å²) in [6.07, 6.45) is 6.66. The number of rotatable bonds is 7. The average molecular weight is 465 g/mol. The summed E-state index contributed by atoms with van der Waals surface area (Å²) in [7, 11) is 2.19. The Bertz CT molecular complexity index is 1270. The van der Waals surface area contributed by atoms with Gasteiger partial charge < -0.3 is 0 Å². The maximum atomic E-state index is 13.3. The molecule has 0 N–H and O–H groups in total. The fraction of sp³-hybridized carbons (Fsp3) is 0.400. The van der Waals surface area contributed by atoms with Gasteiger partial charge in [-0.05, 0) is 57.2 Å². The summed E-state index contributed by atoms with van der Waals surface area (Å²) >= 11 is 3.45. The van der Waals surface area contributed by atoms with Crippen molar-refractivity contribution in [3.05, 3.63) is 79.1 Å². The number of thiophene rings is 1. The predicted octanol–water partition coefficient (Wildman–Crippen LogP) is 4.85. The molecule has 32 heavy (non-hydrogen) atoms. The highest BCUT2D eigenvalue weighted by Gasteiger charge is 2.27. The second-order valence-electron chi connectivity index (χ2n) is 8.71. The summed E-state index contributed by atoms with van der Waals surface area (Å²) in [6, 6.07) is 10.9. The molecule has 0 saturated heterocycles. The number of thiazole rings is 1. The van der Waals surface area contributed by atoms with Crippen molar-refractivity contribution >= 4 is 32.9 Å². The van der Waals surface area contributed by atoms with Crippen LogP contribution in [0.3, 0.4) is 0 Å². The van der Waals surface area contributed by atoms with Gasteiger partial charge in [0.1, 0.15) is 9.84 Å². The van der Waals surface area contributed by atoms with Gasteiger partial charge in [-0.3, -0.25) is 14.3 Å². The number of hydrogen-bond acceptors (Lipinski definition) is 6. The normalized spacial score (nSPS) is 16.0. The molecule has 1 aliphatic carbocycles. The van der Waals surface area contributed by atoms with E-state index >= 15 is 0 Å². The number of nitrogens with zero attached hydrogens (tertiary/aromatic N) is 4. The Morgan fingerprint density at radius 2 is 2.09 bits per heavy atom. The quantitative estimate of drug-likeness (QED) is 0.393. The van der Waals surface area contributed by atoms with E-state index in [1.807, 2.05) is 13.0 Å². The second kappa shape index (κ2) is 9.25. The third-order valence-electron chi connectivity index (χ3n) is 6.39. The largest absolute Gasteiger partial charge is 0.299 e. The zero-order valence-electron chi connectivity index (χ0n) is 18.6. The summed E-state index contributed by atoms with van der Waals surface area (Å²) in [5.74, 6) is 0. The summed E-state index contributed by atoms with van der Waals surface area (Å²) < 4.78 is 1.81. The van der Waals surface area contributed by atoms with Crippen molar-refractivity contribution in [3.8, 4) is 0 Å². The van der Waals surface area contributed by atoms with Crippen LogP contribution in [0.25, 0.3) is 10.2 Å². The van der Waals surface area contributed by atoms with Crippen LogP contribution in [0.5, 0.6) is 0 Å². The van der Waals surface area contributed by atoms with Crippen LogP contribution in [-0.4, -0.2) is 32.5 Å². The van der Waals surface area contributed by atoms with Gasteiger partial charge in [-0.15, -0.1) is 22.7 Å². The van der Waals surface area contributed by atoms with E-state index in [2.05, 4.69) is 51.6 Å². The number of fused-ring (bicyclic) bond motifs is 3. The monoisotopic (exact) mass is 464 g/mol. The molecule has 7 heteroatoms. The molecule has 1 unspecified atom stereocenters. The Morgan fingerprint density at radius 1 is 1.25 bits per heavy atom. The molecule has 0 fully saturated rings. The number of aromatic nitrogens is 3. The van der Waals surface area contributed by atoms with E-state index in [9.17, 15) is 4.79 Å². The summed E-state index contributed by atoms with van der Waals surface area (Å²) in [4.78, 5) is 27.2. The van der Waals surface area contributed by atoms with Crippen molar-refractivity contribution in [3.63, 3.8) is 0 Å². The Hall–Kier alpha value is -2.35. The fourth-order valence-corrected chi connectivity index (χ4v) is 6.72. The standard InChI is InChI=1S/C25H28N4OS2/c1-17-15-31-22(27-17)14-28(2)19-10-11-20-21(13-19)32-24-23(20)25(30)29(16-26-24)12-6-9-18-7-4-3-5-8-18/h3-5,7-8,15-16,19H,6,9-14H2,1-2H3. The van der Waals surface area contributed by atoms with Gasteiger partial charge in [0, 0.05) is 28.5 Å².